The fourth-order valence-corrected chi connectivity index (χ4v) is 10.9. The van der Waals surface area contributed by atoms with Crippen LogP contribution in [0.5, 0.6) is 0 Å². The van der Waals surface area contributed by atoms with Gasteiger partial charge in [-0.2, -0.15) is 0 Å². The number of aromatic nitrogens is 1. The van der Waals surface area contributed by atoms with Crippen molar-refractivity contribution in [3.05, 3.63) is 105 Å². The maximum Gasteiger partial charge on any atom is 0.337 e. The van der Waals surface area contributed by atoms with Crippen molar-refractivity contribution in [2.75, 3.05) is 12.0 Å². The first-order valence-corrected chi connectivity index (χ1v) is 15.8. The molecule has 2 aliphatic heterocycles. The predicted octanol–water partition coefficient (Wildman–Crippen LogP) is 5.57. The van der Waals surface area contributed by atoms with Crippen LogP contribution in [-0.2, 0) is 14.3 Å². The number of carbonyl (C=O) groups excluding carboxylic acids is 3. The highest BCUT2D eigenvalue weighted by Crippen LogP contribution is 2.68. The smallest absolute Gasteiger partial charge is 0.337 e. The van der Waals surface area contributed by atoms with Gasteiger partial charge in [0, 0.05) is 16.0 Å². The number of aromatic amines is 1. The zero-order chi connectivity index (χ0) is 28.7. The molecule has 3 aromatic carbocycles. The molecule has 3 fully saturated rings. The molecule has 8 rings (SSSR count). The molecule has 0 unspecified atom stereocenters. The lowest BCUT2D eigenvalue weighted by Crippen LogP contribution is -2.42. The van der Waals surface area contributed by atoms with Crippen LogP contribution in [0.25, 0.3) is 11.1 Å². The standard InChI is InChI=1S/C33H26N2O5S2/c1-40-32(38)19-9-5-8-18(14-19)16-10-12-20(13-11-16)35-30(36)25-21-15-22(26(25)31(35)37)27-24(21)23(17-6-3-2-4-7-17)28-29(41-27)34-33(39)42-28/h2-14,21-27H,15H2,1H3,(H,34,39)/t21-,22-,23-,24-,25+,26-,27-/m1/s1. The molecule has 1 saturated heterocycles. The zero-order valence-electron chi connectivity index (χ0n) is 22.6. The van der Waals surface area contributed by atoms with E-state index in [1.165, 1.54) is 23.3 Å². The first-order valence-electron chi connectivity index (χ1n) is 14.1. The van der Waals surface area contributed by atoms with Crippen molar-refractivity contribution < 1.29 is 19.1 Å². The minimum atomic E-state index is -0.405. The van der Waals surface area contributed by atoms with Gasteiger partial charge in [-0.1, -0.05) is 65.9 Å². The van der Waals surface area contributed by atoms with Crippen molar-refractivity contribution in [3.8, 4) is 11.1 Å². The van der Waals surface area contributed by atoms with Gasteiger partial charge in [-0.25, -0.2) is 4.79 Å². The number of carbonyl (C=O) groups is 3. The number of rotatable bonds is 4. The largest absolute Gasteiger partial charge is 0.465 e. The number of ether oxygens (including phenoxy) is 1. The summed E-state index contributed by atoms with van der Waals surface area (Å²) >= 11 is 2.98. The van der Waals surface area contributed by atoms with Gasteiger partial charge in [0.25, 0.3) is 0 Å². The van der Waals surface area contributed by atoms with Crippen LogP contribution in [0.1, 0.15) is 33.1 Å². The zero-order valence-corrected chi connectivity index (χ0v) is 24.2. The summed E-state index contributed by atoms with van der Waals surface area (Å²) < 4.78 is 4.84. The highest BCUT2D eigenvalue weighted by molar-refractivity contribution is 8.00. The highest BCUT2D eigenvalue weighted by atomic mass is 32.2. The predicted molar refractivity (Wildman–Crippen MR) is 161 cm³/mol. The van der Waals surface area contributed by atoms with Gasteiger partial charge in [-0.05, 0) is 65.1 Å². The van der Waals surface area contributed by atoms with E-state index in [2.05, 4.69) is 17.1 Å². The Kier molecular flexibility index (Phi) is 5.84. The van der Waals surface area contributed by atoms with Crippen LogP contribution < -0.4 is 9.77 Å². The molecule has 42 heavy (non-hydrogen) atoms. The van der Waals surface area contributed by atoms with Gasteiger partial charge in [0.15, 0.2) is 0 Å². The van der Waals surface area contributed by atoms with Crippen LogP contribution in [-0.4, -0.2) is 35.1 Å². The van der Waals surface area contributed by atoms with Crippen molar-refractivity contribution in [1.82, 2.24) is 4.98 Å². The summed E-state index contributed by atoms with van der Waals surface area (Å²) in [5, 5.41) is 1.09. The van der Waals surface area contributed by atoms with Gasteiger partial charge in [-0.15, -0.1) is 11.8 Å². The molecule has 1 N–H and O–H groups in total. The summed E-state index contributed by atoms with van der Waals surface area (Å²) in [6.45, 7) is 0. The van der Waals surface area contributed by atoms with Gasteiger partial charge in [-0.3, -0.25) is 19.3 Å². The number of hydrogen-bond acceptors (Lipinski definition) is 7. The molecular weight excluding hydrogens is 569 g/mol. The second-order valence-corrected chi connectivity index (χ2v) is 13.7. The molecule has 0 spiro atoms. The number of anilines is 1. The van der Waals surface area contributed by atoms with E-state index in [9.17, 15) is 19.2 Å². The molecule has 2 aliphatic carbocycles. The SMILES string of the molecule is COC(=O)c1cccc(-c2ccc(N3C(=O)[C@@H]4[C@H]5C[C@@H]([C@@H]4C3=O)[C@@H]3[C@@H](c4ccccc4)c4sc(=O)[nH]c4S[C@H]53)cc2)c1. The number of nitrogens with one attached hydrogen (secondary N) is 1. The van der Waals surface area contributed by atoms with Crippen LogP contribution >= 0.6 is 23.1 Å². The van der Waals surface area contributed by atoms with Crippen LogP contribution in [0.2, 0.25) is 0 Å². The lowest BCUT2D eigenvalue weighted by molar-refractivity contribution is -0.123. The Morgan fingerprint density at radius 1 is 0.881 bits per heavy atom. The number of esters is 1. The number of hydrogen-bond donors (Lipinski definition) is 1. The molecule has 4 aromatic rings. The van der Waals surface area contributed by atoms with Crippen molar-refractivity contribution >= 4 is 46.6 Å². The quantitative estimate of drug-likeness (QED) is 0.245. The first kappa shape index (κ1) is 25.7. The fraction of sp³-hybridized carbons (Fsp3) is 0.273. The van der Waals surface area contributed by atoms with Crippen molar-refractivity contribution in [2.45, 2.75) is 22.6 Å². The van der Waals surface area contributed by atoms with E-state index in [4.69, 9.17) is 4.74 Å². The van der Waals surface area contributed by atoms with Crippen LogP contribution in [0.15, 0.2) is 88.7 Å². The molecule has 0 radical (unpaired) electrons. The highest BCUT2D eigenvalue weighted by Gasteiger charge is 2.69. The number of benzene rings is 3. The van der Waals surface area contributed by atoms with Gasteiger partial charge in [0.05, 0.1) is 35.2 Å². The normalized spacial score (nSPS) is 28.9. The Balaban J connectivity index is 1.12. The number of imide groups is 1. The van der Waals surface area contributed by atoms with Crippen molar-refractivity contribution in [3.63, 3.8) is 0 Å². The van der Waals surface area contributed by atoms with E-state index in [-0.39, 0.29) is 57.4 Å². The van der Waals surface area contributed by atoms with Gasteiger partial charge >= 0.3 is 10.8 Å². The Bertz CT molecular complexity index is 1810. The number of nitrogens with zero attached hydrogens (tertiary/aromatic N) is 1. The van der Waals surface area contributed by atoms with E-state index in [1.807, 2.05) is 48.5 Å². The van der Waals surface area contributed by atoms with Gasteiger partial charge < -0.3 is 9.72 Å². The molecule has 2 saturated carbocycles. The van der Waals surface area contributed by atoms with Crippen LogP contribution in [0, 0.1) is 29.6 Å². The topological polar surface area (TPSA) is 96.5 Å². The molecule has 3 heterocycles. The van der Waals surface area contributed by atoms with E-state index < -0.39 is 5.97 Å². The molecule has 210 valence electrons. The average molecular weight is 595 g/mol. The Labute approximate surface area is 249 Å². The summed E-state index contributed by atoms with van der Waals surface area (Å²) in [4.78, 5) is 57.9. The number of thioether (sulfide) groups is 1. The third kappa shape index (κ3) is 3.66. The number of thiazole rings is 1. The van der Waals surface area contributed by atoms with E-state index >= 15 is 0 Å². The molecule has 9 heteroatoms. The molecular formula is C33H26N2O5S2. The summed E-state index contributed by atoms with van der Waals surface area (Å²) in [5.74, 6) is -0.931. The third-order valence-electron chi connectivity index (χ3n) is 9.63. The summed E-state index contributed by atoms with van der Waals surface area (Å²) in [6, 6.07) is 24.8. The lowest BCUT2D eigenvalue weighted by atomic mass is 9.68. The minimum Gasteiger partial charge on any atom is -0.465 e. The number of amides is 2. The van der Waals surface area contributed by atoms with Crippen LogP contribution in [0.4, 0.5) is 5.69 Å². The Morgan fingerprint density at radius 2 is 1.62 bits per heavy atom. The molecule has 7 atom stereocenters. The van der Waals surface area contributed by atoms with Crippen molar-refractivity contribution in [2.24, 2.45) is 29.6 Å². The fourth-order valence-electron chi connectivity index (χ4n) is 8.05. The minimum absolute atomic E-state index is 0.0318. The monoisotopic (exact) mass is 594 g/mol. The number of fused-ring (bicyclic) bond motifs is 9. The van der Waals surface area contributed by atoms with E-state index in [0.717, 1.165) is 33.0 Å². The summed E-state index contributed by atoms with van der Waals surface area (Å²) in [5.41, 5.74) is 3.91. The average Bonchev–Trinajstić information content (AvgIpc) is 3.76. The third-order valence-corrected chi connectivity index (χ3v) is 12.2. The lowest BCUT2D eigenvalue weighted by Gasteiger charge is -2.43. The second kappa shape index (κ2) is 9.54. The number of H-pyrrole nitrogens is 1. The van der Waals surface area contributed by atoms with E-state index in [1.54, 1.807) is 30.0 Å². The van der Waals surface area contributed by atoms with Crippen molar-refractivity contribution in [1.29, 1.82) is 0 Å². The van der Waals surface area contributed by atoms with Crippen LogP contribution in [0.3, 0.4) is 0 Å². The summed E-state index contributed by atoms with van der Waals surface area (Å²) in [6.07, 6.45) is 0.862. The van der Waals surface area contributed by atoms with E-state index in [0.29, 0.717) is 11.3 Å². The first-order chi connectivity index (χ1) is 20.4. The van der Waals surface area contributed by atoms with Gasteiger partial charge in [0.1, 0.15) is 0 Å². The molecule has 2 bridgehead atoms. The Morgan fingerprint density at radius 3 is 2.36 bits per heavy atom. The Hall–Kier alpha value is -3.95. The maximum atomic E-state index is 14.1. The molecule has 7 nitrogen and oxygen atoms in total. The molecule has 1 aromatic heterocycles. The number of methoxy groups -OCH3 is 1. The maximum absolute atomic E-state index is 14.1. The van der Waals surface area contributed by atoms with Gasteiger partial charge in [0.2, 0.25) is 11.8 Å². The summed E-state index contributed by atoms with van der Waals surface area (Å²) in [7, 11) is 1.35. The molecule has 4 aliphatic rings. The second-order valence-electron chi connectivity index (χ2n) is 11.5. The molecule has 2 amide bonds.